The number of pyridine rings is 1. The summed E-state index contributed by atoms with van der Waals surface area (Å²) in [6.45, 7) is 2.92. The van der Waals surface area contributed by atoms with E-state index < -0.39 is 10.0 Å². The second kappa shape index (κ2) is 12.3. The van der Waals surface area contributed by atoms with E-state index >= 15 is 0 Å². The van der Waals surface area contributed by atoms with Gasteiger partial charge in [-0.05, 0) is 55.5 Å². The van der Waals surface area contributed by atoms with E-state index in [1.54, 1.807) is 19.2 Å². The second-order valence-corrected chi connectivity index (χ2v) is 9.16. The number of hydrogen-bond donors (Lipinski definition) is 3. The maximum Gasteiger partial charge on any atom is 0.242 e. The Morgan fingerprint density at radius 1 is 1.31 bits per heavy atom. The molecule has 0 saturated heterocycles. The largest absolute Gasteiger partial charge is 0.490 e. The van der Waals surface area contributed by atoms with Crippen molar-refractivity contribution >= 4 is 40.0 Å². The molecular formula is C21H29FIN5O3S. The normalized spacial score (nSPS) is 14.9. The van der Waals surface area contributed by atoms with Gasteiger partial charge in [-0.25, -0.2) is 17.5 Å². The SMILES string of the molecule is CN=C(NCCNS(=O)(=O)c1cccnc1)NC(C)c1ccc(OCC2CC2)c(F)c1.I. The number of benzene rings is 1. The molecular weight excluding hydrogens is 548 g/mol. The number of aromatic nitrogens is 1. The highest BCUT2D eigenvalue weighted by atomic mass is 127. The van der Waals surface area contributed by atoms with Crippen molar-refractivity contribution < 1.29 is 17.5 Å². The first-order valence-electron chi connectivity index (χ1n) is 10.2. The smallest absolute Gasteiger partial charge is 0.242 e. The lowest BCUT2D eigenvalue weighted by Crippen LogP contribution is -2.42. The standard InChI is InChI=1S/C21H28FN5O3S.HI/c1-15(17-7-8-20(19(22)12-17)30-14-16-5-6-16)27-21(23-2)25-10-11-26-31(28,29)18-4-3-9-24-13-18;/h3-4,7-9,12-13,15-16,26H,5-6,10-11,14H2,1-2H3,(H2,23,25,27);1H. The van der Waals surface area contributed by atoms with Gasteiger partial charge in [0, 0.05) is 32.5 Å². The van der Waals surface area contributed by atoms with E-state index in [0.29, 0.717) is 25.0 Å². The topological polar surface area (TPSA) is 105 Å². The van der Waals surface area contributed by atoms with Crippen LogP contribution in [0.3, 0.4) is 0 Å². The molecule has 1 unspecified atom stereocenters. The molecule has 176 valence electrons. The lowest BCUT2D eigenvalue weighted by Gasteiger charge is -2.19. The zero-order valence-corrected chi connectivity index (χ0v) is 21.2. The highest BCUT2D eigenvalue weighted by molar-refractivity contribution is 14.0. The molecule has 3 rings (SSSR count). The number of rotatable bonds is 10. The summed E-state index contributed by atoms with van der Waals surface area (Å²) in [5.74, 6) is 0.913. The zero-order chi connectivity index (χ0) is 22.3. The summed E-state index contributed by atoms with van der Waals surface area (Å²) < 4.78 is 46.7. The Balaban J connectivity index is 0.00000363. The Bertz CT molecular complexity index is 1000. The Morgan fingerprint density at radius 2 is 2.09 bits per heavy atom. The lowest BCUT2D eigenvalue weighted by molar-refractivity contribution is 0.285. The minimum Gasteiger partial charge on any atom is -0.490 e. The number of aliphatic imine (C=N–C) groups is 1. The van der Waals surface area contributed by atoms with Crippen LogP contribution >= 0.6 is 24.0 Å². The number of ether oxygens (including phenoxy) is 1. The van der Waals surface area contributed by atoms with Crippen LogP contribution in [0, 0.1) is 11.7 Å². The van der Waals surface area contributed by atoms with Gasteiger partial charge >= 0.3 is 0 Å². The number of nitrogens with zero attached hydrogens (tertiary/aromatic N) is 2. The van der Waals surface area contributed by atoms with Crippen LogP contribution in [0.1, 0.15) is 31.4 Å². The van der Waals surface area contributed by atoms with E-state index in [1.165, 1.54) is 24.5 Å². The fourth-order valence-corrected chi connectivity index (χ4v) is 3.83. The average molecular weight is 577 g/mol. The minimum absolute atomic E-state index is 0. The Morgan fingerprint density at radius 3 is 2.72 bits per heavy atom. The first kappa shape index (κ1) is 26.3. The quantitative estimate of drug-likeness (QED) is 0.174. The van der Waals surface area contributed by atoms with E-state index in [4.69, 9.17) is 4.74 Å². The summed E-state index contributed by atoms with van der Waals surface area (Å²) in [5, 5.41) is 6.20. The van der Waals surface area contributed by atoms with Gasteiger partial charge in [-0.2, -0.15) is 0 Å². The summed E-state index contributed by atoms with van der Waals surface area (Å²) in [7, 11) is -2.00. The minimum atomic E-state index is -3.61. The van der Waals surface area contributed by atoms with Crippen LogP contribution in [0.25, 0.3) is 0 Å². The highest BCUT2D eigenvalue weighted by Gasteiger charge is 2.22. The molecule has 0 radical (unpaired) electrons. The molecule has 1 aromatic heterocycles. The molecule has 1 aliphatic carbocycles. The molecule has 2 aromatic rings. The Kier molecular flexibility index (Phi) is 10.1. The third kappa shape index (κ3) is 7.85. The first-order valence-corrected chi connectivity index (χ1v) is 11.7. The number of hydrogen-bond acceptors (Lipinski definition) is 5. The zero-order valence-electron chi connectivity index (χ0n) is 18.0. The molecule has 1 heterocycles. The number of sulfonamides is 1. The average Bonchev–Trinajstić information content (AvgIpc) is 3.60. The summed E-state index contributed by atoms with van der Waals surface area (Å²) in [6.07, 6.45) is 5.10. The molecule has 32 heavy (non-hydrogen) atoms. The summed E-state index contributed by atoms with van der Waals surface area (Å²) >= 11 is 0. The molecule has 8 nitrogen and oxygen atoms in total. The van der Waals surface area contributed by atoms with Gasteiger partial charge in [0.1, 0.15) is 4.90 Å². The van der Waals surface area contributed by atoms with Gasteiger partial charge in [0.2, 0.25) is 10.0 Å². The van der Waals surface area contributed by atoms with Gasteiger partial charge < -0.3 is 15.4 Å². The number of halogens is 2. The molecule has 1 aliphatic rings. The molecule has 0 spiro atoms. The van der Waals surface area contributed by atoms with Gasteiger partial charge in [-0.3, -0.25) is 9.98 Å². The lowest BCUT2D eigenvalue weighted by atomic mass is 10.1. The summed E-state index contributed by atoms with van der Waals surface area (Å²) in [6, 6.07) is 7.74. The van der Waals surface area contributed by atoms with Crippen LogP contribution in [0.4, 0.5) is 4.39 Å². The van der Waals surface area contributed by atoms with Crippen molar-refractivity contribution in [1.29, 1.82) is 0 Å². The van der Waals surface area contributed by atoms with E-state index in [2.05, 4.69) is 25.3 Å². The second-order valence-electron chi connectivity index (χ2n) is 7.40. The maximum absolute atomic E-state index is 14.3. The van der Waals surface area contributed by atoms with Gasteiger partial charge in [-0.1, -0.05) is 6.07 Å². The predicted octanol–water partition coefficient (Wildman–Crippen LogP) is 2.83. The highest BCUT2D eigenvalue weighted by Crippen LogP contribution is 2.30. The molecule has 0 aliphatic heterocycles. The Hall–Kier alpha value is -1.99. The van der Waals surface area contributed by atoms with Crippen LogP contribution in [-0.2, 0) is 10.0 Å². The van der Waals surface area contributed by atoms with E-state index in [-0.39, 0.29) is 53.0 Å². The molecule has 11 heteroatoms. The predicted molar refractivity (Wildman–Crippen MR) is 132 cm³/mol. The van der Waals surface area contributed by atoms with Crippen LogP contribution in [0.5, 0.6) is 5.75 Å². The third-order valence-electron chi connectivity index (χ3n) is 4.86. The van der Waals surface area contributed by atoms with E-state index in [0.717, 1.165) is 18.4 Å². The van der Waals surface area contributed by atoms with Crippen LogP contribution in [0.15, 0.2) is 52.6 Å². The van der Waals surface area contributed by atoms with Crippen molar-refractivity contribution in [3.05, 3.63) is 54.1 Å². The van der Waals surface area contributed by atoms with E-state index in [1.807, 2.05) is 13.0 Å². The molecule has 1 atom stereocenters. The van der Waals surface area contributed by atoms with E-state index in [9.17, 15) is 12.8 Å². The summed E-state index contributed by atoms with van der Waals surface area (Å²) in [4.78, 5) is 8.06. The van der Waals surface area contributed by atoms with Gasteiger partial charge in [0.05, 0.1) is 12.6 Å². The van der Waals surface area contributed by atoms with Crippen molar-refractivity contribution in [2.75, 3.05) is 26.7 Å². The number of guanidine groups is 1. The van der Waals surface area contributed by atoms with Crippen molar-refractivity contribution in [2.24, 2.45) is 10.9 Å². The fourth-order valence-electron chi connectivity index (χ4n) is 2.83. The van der Waals surface area contributed by atoms with Crippen molar-refractivity contribution in [3.8, 4) is 5.75 Å². The van der Waals surface area contributed by atoms with Crippen molar-refractivity contribution in [2.45, 2.75) is 30.7 Å². The molecule has 0 bridgehead atoms. The third-order valence-corrected chi connectivity index (χ3v) is 6.30. The maximum atomic E-state index is 14.3. The monoisotopic (exact) mass is 577 g/mol. The molecule has 1 fully saturated rings. The van der Waals surface area contributed by atoms with Crippen molar-refractivity contribution in [1.82, 2.24) is 20.3 Å². The molecule has 1 saturated carbocycles. The molecule has 1 aromatic carbocycles. The first-order chi connectivity index (χ1) is 14.9. The molecule has 0 amide bonds. The van der Waals surface area contributed by atoms with Gasteiger partial charge in [0.15, 0.2) is 17.5 Å². The van der Waals surface area contributed by atoms with Crippen LogP contribution < -0.4 is 20.1 Å². The fraction of sp³-hybridized carbons (Fsp3) is 0.429. The number of nitrogens with one attached hydrogen (secondary N) is 3. The van der Waals surface area contributed by atoms with Gasteiger partial charge in [-0.15, -0.1) is 24.0 Å². The van der Waals surface area contributed by atoms with Crippen LogP contribution in [-0.4, -0.2) is 46.1 Å². The molecule has 3 N–H and O–H groups in total. The van der Waals surface area contributed by atoms with Gasteiger partial charge in [0.25, 0.3) is 0 Å². The Labute approximate surface area is 205 Å². The van der Waals surface area contributed by atoms with Crippen LogP contribution in [0.2, 0.25) is 0 Å². The summed E-state index contributed by atoms with van der Waals surface area (Å²) in [5.41, 5.74) is 0.747. The van der Waals surface area contributed by atoms with Crippen molar-refractivity contribution in [3.63, 3.8) is 0 Å².